The highest BCUT2D eigenvalue weighted by Gasteiger charge is 2.60. The molecule has 4 amide bonds. The average Bonchev–Trinajstić information content (AvgIpc) is 3.60. The summed E-state index contributed by atoms with van der Waals surface area (Å²) in [6.45, 7) is -1.17. The minimum Gasteiger partial charge on any atom is -0.280 e. The molecule has 10 nitrogen and oxygen atoms in total. The zero-order valence-corrected chi connectivity index (χ0v) is 18.6. The third-order valence-electron chi connectivity index (χ3n) is 8.21. The highest BCUT2D eigenvalue weighted by atomic mass is 32.3. The van der Waals surface area contributed by atoms with Crippen LogP contribution in [-0.2, 0) is 37.9 Å². The number of hydrogen-bond acceptors (Lipinski definition) is 8. The zero-order valence-electron chi connectivity index (χ0n) is 17.7. The number of carbonyl (C=O) groups is 4. The van der Waals surface area contributed by atoms with Crippen LogP contribution in [0, 0.1) is 47.3 Å². The number of carbonyl (C=O) groups excluding carboxylic acids is 4. The monoisotopic (exact) mass is 476 g/mol. The van der Waals surface area contributed by atoms with Crippen molar-refractivity contribution in [2.75, 3.05) is 26.3 Å². The molecule has 0 aromatic rings. The van der Waals surface area contributed by atoms with Gasteiger partial charge in [0.05, 0.1) is 50.0 Å². The Morgan fingerprint density at radius 3 is 1.24 bits per heavy atom. The molecule has 0 radical (unpaired) electrons. The first-order chi connectivity index (χ1) is 15.8. The third-order valence-corrected chi connectivity index (χ3v) is 9.12. The van der Waals surface area contributed by atoms with E-state index in [2.05, 4.69) is 0 Å². The summed E-state index contributed by atoms with van der Waals surface area (Å²) in [6, 6.07) is 0. The van der Waals surface area contributed by atoms with Gasteiger partial charge in [-0.1, -0.05) is 24.3 Å². The van der Waals surface area contributed by atoms with E-state index in [0.717, 1.165) is 22.6 Å². The Morgan fingerprint density at radius 2 is 0.939 bits per heavy atom. The molecule has 8 atom stereocenters. The number of imide groups is 2. The molecular formula is C22H24N2O8S. The molecule has 0 N–H and O–H groups in total. The van der Waals surface area contributed by atoms with Gasteiger partial charge in [0.25, 0.3) is 0 Å². The van der Waals surface area contributed by atoms with E-state index in [1.54, 1.807) is 0 Å². The first kappa shape index (κ1) is 21.2. The van der Waals surface area contributed by atoms with Crippen molar-refractivity contribution in [2.45, 2.75) is 12.8 Å². The molecule has 2 saturated carbocycles. The van der Waals surface area contributed by atoms with E-state index in [0.29, 0.717) is 0 Å². The molecule has 0 spiro atoms. The predicted molar refractivity (Wildman–Crippen MR) is 110 cm³/mol. The molecule has 33 heavy (non-hydrogen) atoms. The Bertz CT molecular complexity index is 973. The molecule has 4 aliphatic carbocycles. The van der Waals surface area contributed by atoms with Crippen molar-refractivity contribution in [1.29, 1.82) is 0 Å². The quantitative estimate of drug-likeness (QED) is 0.350. The molecule has 6 aliphatic rings. The standard InChI is InChI=1S/C22H24N2O8S/c25-19-15-11-1-2-12(9-11)16(15)20(26)23(19)5-7-31-33(29,30)32-8-6-24-21(27)17-13-3-4-14(10-13)18(17)22(24)28/h1-4,11-18H,5-10H2. The van der Waals surface area contributed by atoms with Crippen LogP contribution >= 0.6 is 0 Å². The molecule has 4 fully saturated rings. The fourth-order valence-electron chi connectivity index (χ4n) is 6.86. The van der Waals surface area contributed by atoms with E-state index in [9.17, 15) is 27.6 Å². The maximum Gasteiger partial charge on any atom is 0.399 e. The van der Waals surface area contributed by atoms with Gasteiger partial charge in [-0.3, -0.25) is 29.0 Å². The van der Waals surface area contributed by atoms with E-state index >= 15 is 0 Å². The van der Waals surface area contributed by atoms with Crippen molar-refractivity contribution < 1.29 is 36.0 Å². The van der Waals surface area contributed by atoms with Crippen LogP contribution in [0.5, 0.6) is 0 Å². The summed E-state index contributed by atoms with van der Waals surface area (Å²) in [6.07, 6.45) is 9.58. The summed E-state index contributed by atoms with van der Waals surface area (Å²) < 4.78 is 33.8. The van der Waals surface area contributed by atoms with E-state index < -0.39 is 23.6 Å². The van der Waals surface area contributed by atoms with Gasteiger partial charge in [-0.25, -0.2) is 8.37 Å². The SMILES string of the molecule is O=C1C2C3C=CC(C3)C2C(=O)N1CCOS(=O)(=O)OCCN1C(=O)C2C3C=CC(C3)C2C1=O. The molecule has 6 rings (SSSR count). The van der Waals surface area contributed by atoms with Crippen LogP contribution in [0.1, 0.15) is 12.8 Å². The third kappa shape index (κ3) is 3.08. The summed E-state index contributed by atoms with van der Waals surface area (Å²) in [5, 5.41) is 0. The van der Waals surface area contributed by atoms with E-state index in [1.807, 2.05) is 24.3 Å². The first-order valence-corrected chi connectivity index (χ1v) is 12.7. The van der Waals surface area contributed by atoms with Gasteiger partial charge in [0.15, 0.2) is 0 Å². The lowest BCUT2D eigenvalue weighted by molar-refractivity contribution is -0.142. The van der Waals surface area contributed by atoms with Crippen LogP contribution in [0.2, 0.25) is 0 Å². The number of rotatable bonds is 8. The Hall–Kier alpha value is -2.37. The van der Waals surface area contributed by atoms with Gasteiger partial charge >= 0.3 is 10.4 Å². The Balaban J connectivity index is 0.982. The lowest BCUT2D eigenvalue weighted by atomic mass is 9.85. The molecule has 0 aromatic heterocycles. The molecule has 2 heterocycles. The van der Waals surface area contributed by atoms with E-state index in [4.69, 9.17) is 8.37 Å². The largest absolute Gasteiger partial charge is 0.399 e. The van der Waals surface area contributed by atoms with Gasteiger partial charge in [-0.2, -0.15) is 8.42 Å². The minimum atomic E-state index is -4.41. The molecule has 8 unspecified atom stereocenters. The molecule has 4 bridgehead atoms. The predicted octanol–water partition coefficient (Wildman–Crippen LogP) is -0.121. The smallest absolute Gasteiger partial charge is 0.280 e. The lowest BCUT2D eigenvalue weighted by Gasteiger charge is -2.18. The first-order valence-electron chi connectivity index (χ1n) is 11.4. The van der Waals surface area contributed by atoms with Crippen LogP contribution in [0.25, 0.3) is 0 Å². The maximum atomic E-state index is 12.6. The molecule has 11 heteroatoms. The summed E-state index contributed by atoms with van der Waals surface area (Å²) in [7, 11) is -4.41. The van der Waals surface area contributed by atoms with Crippen LogP contribution in [0.4, 0.5) is 0 Å². The second-order valence-corrected chi connectivity index (χ2v) is 11.0. The fraction of sp³-hybridized carbons (Fsp3) is 0.636. The number of hydrogen-bond donors (Lipinski definition) is 0. The van der Waals surface area contributed by atoms with Gasteiger partial charge in [-0.05, 0) is 36.5 Å². The van der Waals surface area contributed by atoms with Gasteiger partial charge in [0.2, 0.25) is 23.6 Å². The summed E-state index contributed by atoms with van der Waals surface area (Å²) >= 11 is 0. The molecule has 176 valence electrons. The Labute approximate surface area is 190 Å². The van der Waals surface area contributed by atoms with Gasteiger partial charge in [0, 0.05) is 0 Å². The summed E-state index contributed by atoms with van der Waals surface area (Å²) in [5.74, 6) is -2.16. The topological polar surface area (TPSA) is 127 Å². The van der Waals surface area contributed by atoms with Gasteiger partial charge in [0.1, 0.15) is 0 Å². The van der Waals surface area contributed by atoms with Crippen LogP contribution in [0.15, 0.2) is 24.3 Å². The summed E-state index contributed by atoms with van der Waals surface area (Å²) in [4.78, 5) is 52.6. The molecule has 0 aromatic carbocycles. The van der Waals surface area contributed by atoms with Gasteiger partial charge < -0.3 is 0 Å². The van der Waals surface area contributed by atoms with Crippen molar-refractivity contribution in [3.63, 3.8) is 0 Å². The Morgan fingerprint density at radius 1 is 0.636 bits per heavy atom. The second kappa shape index (κ2) is 7.31. The van der Waals surface area contributed by atoms with Crippen molar-refractivity contribution in [2.24, 2.45) is 47.3 Å². The van der Waals surface area contributed by atoms with Crippen molar-refractivity contribution in [1.82, 2.24) is 9.80 Å². The number of allylic oxidation sites excluding steroid dienone is 4. The highest BCUT2D eigenvalue weighted by Crippen LogP contribution is 2.53. The average molecular weight is 477 g/mol. The normalized spacial score (nSPS) is 40.1. The second-order valence-electron chi connectivity index (χ2n) is 9.71. The zero-order chi connectivity index (χ0) is 23.1. The minimum absolute atomic E-state index is 0.0796. The van der Waals surface area contributed by atoms with Crippen LogP contribution < -0.4 is 0 Å². The van der Waals surface area contributed by atoms with E-state index in [-0.39, 0.29) is 84.1 Å². The van der Waals surface area contributed by atoms with Crippen LogP contribution in [-0.4, -0.2) is 68.1 Å². The molecule has 2 saturated heterocycles. The number of likely N-dealkylation sites (tertiary alicyclic amines) is 2. The van der Waals surface area contributed by atoms with Crippen LogP contribution in [0.3, 0.4) is 0 Å². The van der Waals surface area contributed by atoms with Crippen molar-refractivity contribution in [3.8, 4) is 0 Å². The number of nitrogens with zero attached hydrogens (tertiary/aromatic N) is 2. The van der Waals surface area contributed by atoms with Crippen molar-refractivity contribution >= 4 is 34.0 Å². The highest BCUT2D eigenvalue weighted by molar-refractivity contribution is 7.81. The Kier molecular flexibility index (Phi) is 4.69. The van der Waals surface area contributed by atoms with E-state index in [1.165, 1.54) is 0 Å². The van der Waals surface area contributed by atoms with Gasteiger partial charge in [-0.15, -0.1) is 0 Å². The fourth-order valence-corrected chi connectivity index (χ4v) is 7.49. The number of fused-ring (bicyclic) bond motifs is 10. The van der Waals surface area contributed by atoms with Crippen molar-refractivity contribution in [3.05, 3.63) is 24.3 Å². The summed E-state index contributed by atoms with van der Waals surface area (Å²) in [5.41, 5.74) is 0. The maximum absolute atomic E-state index is 12.6. The lowest BCUT2D eigenvalue weighted by Crippen LogP contribution is -2.37. The molecular weight excluding hydrogens is 452 g/mol. The number of amides is 4. The molecule has 2 aliphatic heterocycles.